The minimum atomic E-state index is -4.73. The van der Waals surface area contributed by atoms with Gasteiger partial charge in [-0.25, -0.2) is 49.2 Å². The number of nitrogen functional groups attached to an aromatic ring is 2. The van der Waals surface area contributed by atoms with Crippen molar-refractivity contribution in [2.24, 2.45) is 0 Å². The van der Waals surface area contributed by atoms with E-state index >= 15 is 0 Å². The van der Waals surface area contributed by atoms with E-state index in [1.807, 2.05) is 0 Å². The average molecular weight is 656 g/mol. The highest BCUT2D eigenvalue weighted by Gasteiger charge is 2.52. The number of nitrogens with zero attached hydrogens (tertiary/aromatic N) is 8. The van der Waals surface area contributed by atoms with Gasteiger partial charge in [0.05, 0.1) is 38.0 Å². The Hall–Kier alpha value is -3.24. The summed E-state index contributed by atoms with van der Waals surface area (Å²) in [7, 11) is -9.45. The molecule has 3 saturated heterocycles. The Labute approximate surface area is 245 Å². The van der Waals surface area contributed by atoms with E-state index in [1.165, 1.54) is 34.4 Å². The van der Waals surface area contributed by atoms with Crippen LogP contribution >= 0.6 is 15.5 Å². The van der Waals surface area contributed by atoms with Crippen molar-refractivity contribution in [1.82, 2.24) is 49.2 Å². The number of aromatic nitrogens is 8. The number of ether oxygens (including phenoxy) is 2. The number of imidazole rings is 2. The molecule has 236 valence electrons. The lowest BCUT2D eigenvalue weighted by Gasteiger charge is -2.29. The molecule has 0 amide bonds. The molecule has 24 heteroatoms. The number of nitrogens with one attached hydrogen (secondary N) is 2. The fraction of sp³-hybridized carbons (Fsp3) is 0.500. The molecule has 44 heavy (non-hydrogen) atoms. The lowest BCUT2D eigenvalue weighted by molar-refractivity contribution is -0.0483. The molecular weight excluding hydrogens is 630 g/mol. The molecule has 3 aliphatic rings. The van der Waals surface area contributed by atoms with Crippen LogP contribution in [0.5, 0.6) is 0 Å². The highest BCUT2D eigenvalue weighted by Crippen LogP contribution is 2.47. The fourth-order valence-corrected chi connectivity index (χ4v) is 7.70. The molecule has 0 bridgehead atoms. The summed E-state index contributed by atoms with van der Waals surface area (Å²) in [5, 5.41) is 27.1. The maximum atomic E-state index is 13.2. The average Bonchev–Trinajstić information content (AvgIpc) is 3.73. The summed E-state index contributed by atoms with van der Waals surface area (Å²) < 4.78 is 51.5. The number of anilines is 2. The first-order valence-electron chi connectivity index (χ1n) is 13.0. The summed E-state index contributed by atoms with van der Waals surface area (Å²) >= 11 is 0. The van der Waals surface area contributed by atoms with Crippen molar-refractivity contribution < 1.29 is 47.7 Å². The van der Waals surface area contributed by atoms with Gasteiger partial charge in [-0.3, -0.25) is 18.2 Å². The topological polar surface area (TPSA) is 315 Å². The molecule has 0 aliphatic carbocycles. The third-order valence-corrected chi connectivity index (χ3v) is 9.77. The van der Waals surface area contributed by atoms with Crippen LogP contribution in [0.4, 0.5) is 11.6 Å². The van der Waals surface area contributed by atoms with Crippen LogP contribution in [0.2, 0.25) is 0 Å². The number of fused-ring (bicyclic) bond motifs is 4. The molecule has 4 aromatic rings. The second-order valence-electron chi connectivity index (χ2n) is 10.2. The van der Waals surface area contributed by atoms with Crippen molar-refractivity contribution in [3.63, 3.8) is 0 Å². The Kier molecular flexibility index (Phi) is 7.16. The van der Waals surface area contributed by atoms with E-state index in [4.69, 9.17) is 30.0 Å². The zero-order valence-electron chi connectivity index (χ0n) is 22.2. The normalized spacial score (nSPS) is 38.3. The highest BCUT2D eigenvalue weighted by molar-refractivity contribution is 7.50. The second kappa shape index (κ2) is 10.7. The highest BCUT2D eigenvalue weighted by atomic mass is 31.2. The molecule has 4 aromatic heterocycles. The van der Waals surface area contributed by atoms with Gasteiger partial charge in [0.1, 0.15) is 48.1 Å². The molecule has 0 radical (unpaired) electrons. The van der Waals surface area contributed by atoms with E-state index < -0.39 is 77.7 Å². The van der Waals surface area contributed by atoms with Crippen LogP contribution in [-0.2, 0) is 27.7 Å². The minimum Gasteiger partial charge on any atom is -0.387 e. The molecule has 3 fully saturated rings. The van der Waals surface area contributed by atoms with Gasteiger partial charge in [-0.15, -0.1) is 0 Å². The van der Waals surface area contributed by atoms with Crippen molar-refractivity contribution in [1.29, 1.82) is 0 Å². The summed E-state index contributed by atoms with van der Waals surface area (Å²) in [4.78, 5) is 45.7. The zero-order chi connectivity index (χ0) is 31.0. The molecule has 0 aromatic carbocycles. The fourth-order valence-electron chi connectivity index (χ4n) is 5.46. The molecule has 10 atom stereocenters. The quantitative estimate of drug-likeness (QED) is 0.103. The molecule has 0 saturated carbocycles. The molecule has 22 nitrogen and oxygen atoms in total. The van der Waals surface area contributed by atoms with Crippen LogP contribution in [0.25, 0.3) is 22.3 Å². The molecule has 3 aliphatic heterocycles. The van der Waals surface area contributed by atoms with Crippen molar-refractivity contribution in [3.8, 4) is 0 Å². The first kappa shape index (κ1) is 29.5. The van der Waals surface area contributed by atoms with E-state index in [0.29, 0.717) is 0 Å². The first-order chi connectivity index (χ1) is 20.9. The van der Waals surface area contributed by atoms with Crippen molar-refractivity contribution in [3.05, 3.63) is 25.3 Å². The monoisotopic (exact) mass is 656 g/mol. The summed E-state index contributed by atoms with van der Waals surface area (Å²) in [5.74, 6) is 0.149. The smallest absolute Gasteiger partial charge is 0.387 e. The molecule has 7 rings (SSSR count). The van der Waals surface area contributed by atoms with Gasteiger partial charge in [-0.1, -0.05) is 0 Å². The minimum absolute atomic E-state index is 0.0746. The Morgan fingerprint density at radius 2 is 1.14 bits per heavy atom. The van der Waals surface area contributed by atoms with Crippen LogP contribution in [0, 0.1) is 0 Å². The van der Waals surface area contributed by atoms with Gasteiger partial charge in [-0.05, 0) is 0 Å². The van der Waals surface area contributed by atoms with Gasteiger partial charge >= 0.3 is 15.5 Å². The summed E-state index contributed by atoms with van der Waals surface area (Å²) in [6.45, 7) is -1.31. The number of aliphatic hydroxyl groups excluding tert-OH is 2. The molecule has 6 unspecified atom stereocenters. The molecule has 0 spiro atoms. The maximum Gasteiger partial charge on any atom is 0.403 e. The van der Waals surface area contributed by atoms with Crippen LogP contribution < -0.4 is 21.6 Å². The number of rotatable bonds is 2. The Morgan fingerprint density at radius 1 is 0.727 bits per heavy atom. The summed E-state index contributed by atoms with van der Waals surface area (Å²) in [5.41, 5.74) is 12.5. The first-order valence-corrected chi connectivity index (χ1v) is 16.1. The van der Waals surface area contributed by atoms with Crippen molar-refractivity contribution in [2.75, 3.05) is 24.7 Å². The molecular formula is C20H26N12O10P2. The van der Waals surface area contributed by atoms with Crippen LogP contribution in [0.1, 0.15) is 12.5 Å². The lowest BCUT2D eigenvalue weighted by atomic mass is 10.1. The number of aliphatic hydroxyl groups is 2. The lowest BCUT2D eigenvalue weighted by Crippen LogP contribution is -2.48. The molecule has 10 N–H and O–H groups in total. The second-order valence-corrected chi connectivity index (χ2v) is 13.3. The maximum absolute atomic E-state index is 13.2. The Morgan fingerprint density at radius 3 is 1.55 bits per heavy atom. The number of nitrogens with two attached hydrogens (primary N) is 2. The van der Waals surface area contributed by atoms with Gasteiger partial charge in [0.15, 0.2) is 35.4 Å². The van der Waals surface area contributed by atoms with E-state index in [9.17, 15) is 29.1 Å². The number of hydrogen-bond acceptors (Lipinski definition) is 16. The Balaban J connectivity index is 1.17. The predicted molar refractivity (Wildman–Crippen MR) is 145 cm³/mol. The third kappa shape index (κ3) is 5.04. The van der Waals surface area contributed by atoms with E-state index in [-0.39, 0.29) is 34.0 Å². The SMILES string of the molecule is Nc1ncnc2c1ncn2[C@@H]1O[C@@H]2COP(=O)(O)NC3C(O)[C@H](n4cnc5c(N)ncnc54)O[C@@H]3COP(=O)(O)NC2C1O. The predicted octanol–water partition coefficient (Wildman–Crippen LogP) is -2.49. The third-order valence-electron chi connectivity index (χ3n) is 7.52. The van der Waals surface area contributed by atoms with E-state index in [1.54, 1.807) is 0 Å². The summed E-state index contributed by atoms with van der Waals surface area (Å²) in [6, 6.07) is -2.71. The van der Waals surface area contributed by atoms with E-state index in [0.717, 1.165) is 0 Å². The van der Waals surface area contributed by atoms with Crippen LogP contribution in [-0.4, -0.2) is 109 Å². The standard InChI is InChI=1S/C20H26N12O10P2/c21-15-11-17(25-3-23-15)31(5-27-11)19-13(33)9-7(41-19)1-39-43(35,36)30-10-8(2-40-44(37,38)29-9)42-20(14(10)34)32-6-28-12-16(22)24-4-26-18(12)32/h3-10,13-14,19-20,33-34H,1-2H2,(H2,21,23,25)(H2,22,24,26)(H2,29,37,38)(H2,30,35,36)/t7-,8-,9?,10?,13?,14?,19-,20-/m1/s1. The van der Waals surface area contributed by atoms with Crippen LogP contribution in [0.15, 0.2) is 25.3 Å². The van der Waals surface area contributed by atoms with Crippen molar-refractivity contribution in [2.45, 2.75) is 49.0 Å². The summed E-state index contributed by atoms with van der Waals surface area (Å²) in [6.07, 6.45) is -3.18. The largest absolute Gasteiger partial charge is 0.403 e. The zero-order valence-corrected chi connectivity index (χ0v) is 24.0. The van der Waals surface area contributed by atoms with E-state index in [2.05, 4.69) is 40.1 Å². The molecule has 7 heterocycles. The number of hydrogen-bond donors (Lipinski definition) is 8. The van der Waals surface area contributed by atoms with Gasteiger partial charge in [0.25, 0.3) is 0 Å². The van der Waals surface area contributed by atoms with Gasteiger partial charge in [-0.2, -0.15) is 0 Å². The van der Waals surface area contributed by atoms with Crippen molar-refractivity contribution >= 4 is 49.5 Å². The van der Waals surface area contributed by atoms with Gasteiger partial charge < -0.3 is 40.9 Å². The van der Waals surface area contributed by atoms with Gasteiger partial charge in [0, 0.05) is 0 Å². The van der Waals surface area contributed by atoms with Gasteiger partial charge in [0.2, 0.25) is 0 Å². The Bertz CT molecular complexity index is 1690. The van der Waals surface area contributed by atoms with Crippen LogP contribution in [0.3, 0.4) is 0 Å².